The number of hydrogen-bond acceptors (Lipinski definition) is 4. The molecule has 5 heteroatoms. The molecule has 2 aromatic carbocycles. The number of carbonyl (C=O) groups excluding carboxylic acids is 1. The van der Waals surface area contributed by atoms with E-state index in [4.69, 9.17) is 9.72 Å². The van der Waals surface area contributed by atoms with Gasteiger partial charge in [0, 0.05) is 11.8 Å². The van der Waals surface area contributed by atoms with Crippen LogP contribution in [0.3, 0.4) is 0 Å². The summed E-state index contributed by atoms with van der Waals surface area (Å²) < 4.78 is 7.41. The van der Waals surface area contributed by atoms with Crippen LogP contribution in [-0.4, -0.2) is 22.8 Å². The first-order valence-corrected chi connectivity index (χ1v) is 9.64. The van der Waals surface area contributed by atoms with Crippen molar-refractivity contribution in [2.45, 2.75) is 19.8 Å². The van der Waals surface area contributed by atoms with Crippen molar-refractivity contribution in [3.8, 4) is 27.4 Å². The van der Waals surface area contributed by atoms with Gasteiger partial charge in [-0.1, -0.05) is 61.6 Å². The number of methoxy groups -OCH3 is 1. The fraction of sp³-hybridized carbons (Fsp3) is 0.182. The number of nitrogens with zero attached hydrogens (tertiary/aromatic N) is 2. The summed E-state index contributed by atoms with van der Waals surface area (Å²) >= 11 is 1.57. The Morgan fingerprint density at radius 1 is 1.15 bits per heavy atom. The van der Waals surface area contributed by atoms with Gasteiger partial charge in [0.05, 0.1) is 12.0 Å². The van der Waals surface area contributed by atoms with Crippen molar-refractivity contribution in [1.29, 1.82) is 0 Å². The van der Waals surface area contributed by atoms with Crippen molar-refractivity contribution >= 4 is 22.6 Å². The number of fused-ring (bicyclic) bond motifs is 1. The fourth-order valence-corrected chi connectivity index (χ4v) is 4.17. The molecule has 2 aromatic heterocycles. The number of rotatable bonds is 5. The van der Waals surface area contributed by atoms with Crippen LogP contribution >= 0.6 is 11.3 Å². The first-order valence-electron chi connectivity index (χ1n) is 8.83. The molecule has 0 saturated heterocycles. The SMILES string of the molecule is COc1ccc(C(C)C)cc1-c1nc2sc(-c3ccccc3)cn2c1C=O. The van der Waals surface area contributed by atoms with Crippen LogP contribution in [-0.2, 0) is 0 Å². The molecule has 0 aliphatic heterocycles. The highest BCUT2D eigenvalue weighted by molar-refractivity contribution is 7.20. The van der Waals surface area contributed by atoms with E-state index in [9.17, 15) is 4.79 Å². The Labute approximate surface area is 162 Å². The second kappa shape index (κ2) is 7.00. The molecule has 4 aromatic rings. The van der Waals surface area contributed by atoms with Crippen LogP contribution in [0.4, 0.5) is 0 Å². The first-order chi connectivity index (χ1) is 13.1. The lowest BCUT2D eigenvalue weighted by Crippen LogP contribution is -1.96. The second-order valence-corrected chi connectivity index (χ2v) is 7.70. The molecule has 0 amide bonds. The van der Waals surface area contributed by atoms with E-state index in [-0.39, 0.29) is 0 Å². The zero-order chi connectivity index (χ0) is 19.0. The van der Waals surface area contributed by atoms with Crippen LogP contribution in [0.25, 0.3) is 26.7 Å². The summed E-state index contributed by atoms with van der Waals surface area (Å²) in [6.07, 6.45) is 2.85. The van der Waals surface area contributed by atoms with Gasteiger partial charge in [0.2, 0.25) is 0 Å². The quantitative estimate of drug-likeness (QED) is 0.421. The van der Waals surface area contributed by atoms with Crippen molar-refractivity contribution in [3.63, 3.8) is 0 Å². The number of thiazole rings is 1. The van der Waals surface area contributed by atoms with Crippen LogP contribution in [0, 0.1) is 0 Å². The summed E-state index contributed by atoms with van der Waals surface area (Å²) in [5.41, 5.74) is 4.36. The molecule has 0 N–H and O–H groups in total. The van der Waals surface area contributed by atoms with Crippen LogP contribution < -0.4 is 4.74 Å². The monoisotopic (exact) mass is 376 g/mol. The van der Waals surface area contributed by atoms with E-state index in [0.29, 0.717) is 17.3 Å². The van der Waals surface area contributed by atoms with E-state index in [1.165, 1.54) is 5.56 Å². The van der Waals surface area contributed by atoms with Crippen LogP contribution in [0.5, 0.6) is 5.75 Å². The summed E-state index contributed by atoms with van der Waals surface area (Å²) in [6.45, 7) is 4.29. The highest BCUT2D eigenvalue weighted by atomic mass is 32.1. The van der Waals surface area contributed by atoms with Crippen molar-refractivity contribution in [2.24, 2.45) is 0 Å². The van der Waals surface area contributed by atoms with Crippen LogP contribution in [0.1, 0.15) is 35.8 Å². The van der Waals surface area contributed by atoms with E-state index in [1.54, 1.807) is 18.4 Å². The highest BCUT2D eigenvalue weighted by Crippen LogP contribution is 2.37. The number of aromatic nitrogens is 2. The van der Waals surface area contributed by atoms with Gasteiger partial charge in [-0.2, -0.15) is 0 Å². The van der Waals surface area contributed by atoms with E-state index in [0.717, 1.165) is 33.0 Å². The minimum atomic E-state index is 0.378. The zero-order valence-electron chi connectivity index (χ0n) is 15.5. The lowest BCUT2D eigenvalue weighted by molar-refractivity contribution is 0.111. The zero-order valence-corrected chi connectivity index (χ0v) is 16.3. The molecule has 0 bridgehead atoms. The van der Waals surface area contributed by atoms with E-state index in [2.05, 4.69) is 38.1 Å². The van der Waals surface area contributed by atoms with Gasteiger partial charge in [-0.25, -0.2) is 4.98 Å². The lowest BCUT2D eigenvalue weighted by Gasteiger charge is -2.12. The summed E-state index contributed by atoms with van der Waals surface area (Å²) in [6, 6.07) is 16.2. The molecule has 4 nitrogen and oxygen atoms in total. The van der Waals surface area contributed by atoms with E-state index < -0.39 is 0 Å². The molecule has 0 spiro atoms. The number of aldehydes is 1. The smallest absolute Gasteiger partial charge is 0.195 e. The minimum Gasteiger partial charge on any atom is -0.496 e. The third-order valence-electron chi connectivity index (χ3n) is 4.68. The molecule has 0 aliphatic rings. The van der Waals surface area contributed by atoms with Gasteiger partial charge >= 0.3 is 0 Å². The van der Waals surface area contributed by atoms with Gasteiger partial charge in [0.15, 0.2) is 11.2 Å². The molecule has 0 radical (unpaired) electrons. The Balaban J connectivity index is 1.90. The maximum atomic E-state index is 11.9. The largest absolute Gasteiger partial charge is 0.496 e. The summed E-state index contributed by atoms with van der Waals surface area (Å²) in [5.74, 6) is 1.10. The van der Waals surface area contributed by atoms with Crippen molar-refractivity contribution < 1.29 is 9.53 Å². The highest BCUT2D eigenvalue weighted by Gasteiger charge is 2.20. The van der Waals surface area contributed by atoms with Crippen molar-refractivity contribution in [2.75, 3.05) is 7.11 Å². The van der Waals surface area contributed by atoms with E-state index >= 15 is 0 Å². The second-order valence-electron chi connectivity index (χ2n) is 6.69. The lowest BCUT2D eigenvalue weighted by atomic mass is 9.98. The molecule has 0 fully saturated rings. The summed E-state index contributed by atoms with van der Waals surface area (Å²) in [5, 5.41) is 0. The number of hydrogen-bond donors (Lipinski definition) is 0. The van der Waals surface area contributed by atoms with Gasteiger partial charge < -0.3 is 4.74 Å². The summed E-state index contributed by atoms with van der Waals surface area (Å²) in [4.78, 5) is 18.6. The average Bonchev–Trinajstić information content (AvgIpc) is 3.25. The van der Waals surface area contributed by atoms with Crippen molar-refractivity contribution in [1.82, 2.24) is 9.38 Å². The molecular weight excluding hydrogens is 356 g/mol. The maximum Gasteiger partial charge on any atom is 0.195 e. The predicted molar refractivity (Wildman–Crippen MR) is 110 cm³/mol. The first kappa shape index (κ1) is 17.5. The Bertz CT molecular complexity index is 1110. The molecule has 0 atom stereocenters. The predicted octanol–water partition coefficient (Wildman–Crippen LogP) is 5.67. The van der Waals surface area contributed by atoms with Gasteiger partial charge in [0.1, 0.15) is 17.1 Å². The number of benzene rings is 2. The van der Waals surface area contributed by atoms with Crippen LogP contribution in [0.15, 0.2) is 54.7 Å². The Morgan fingerprint density at radius 2 is 1.93 bits per heavy atom. The summed E-state index contributed by atoms with van der Waals surface area (Å²) in [7, 11) is 1.64. The molecule has 2 heterocycles. The van der Waals surface area contributed by atoms with Gasteiger partial charge in [-0.3, -0.25) is 9.20 Å². The Kier molecular flexibility index (Phi) is 4.54. The molecule has 0 aliphatic carbocycles. The molecule has 0 unspecified atom stereocenters. The van der Waals surface area contributed by atoms with Gasteiger partial charge in [-0.15, -0.1) is 0 Å². The third-order valence-corrected chi connectivity index (χ3v) is 5.71. The molecule has 136 valence electrons. The van der Waals surface area contributed by atoms with Crippen LogP contribution in [0.2, 0.25) is 0 Å². The van der Waals surface area contributed by atoms with Crippen molar-refractivity contribution in [3.05, 3.63) is 66.0 Å². The average molecular weight is 376 g/mol. The van der Waals surface area contributed by atoms with E-state index in [1.807, 2.05) is 34.9 Å². The molecule has 0 saturated carbocycles. The van der Waals surface area contributed by atoms with Gasteiger partial charge in [0.25, 0.3) is 0 Å². The molecular formula is C22H20N2O2S. The maximum absolute atomic E-state index is 11.9. The van der Waals surface area contributed by atoms with Gasteiger partial charge in [-0.05, 0) is 29.2 Å². The fourth-order valence-electron chi connectivity index (χ4n) is 3.18. The Hall–Kier alpha value is -2.92. The standard InChI is InChI=1S/C22H20N2O2S/c1-14(2)16-9-10-19(26-3)17(11-16)21-18(13-25)24-12-20(27-22(24)23-21)15-7-5-4-6-8-15/h4-14H,1-3H3. The number of ether oxygens (including phenoxy) is 1. The molecule has 4 rings (SSSR count). The number of imidazole rings is 1. The Morgan fingerprint density at radius 3 is 2.59 bits per heavy atom. The molecule has 27 heavy (non-hydrogen) atoms. The third kappa shape index (κ3) is 3.04. The minimum absolute atomic E-state index is 0.378. The topological polar surface area (TPSA) is 43.6 Å². The number of carbonyl (C=O) groups is 1. The normalized spacial score (nSPS) is 11.3.